The Labute approximate surface area is 124 Å². The maximum absolute atomic E-state index is 13.8. The van der Waals surface area contributed by atoms with E-state index < -0.39 is 5.82 Å². The molecule has 0 aliphatic rings. The number of halogens is 1. The van der Waals surface area contributed by atoms with E-state index in [2.05, 4.69) is 10.6 Å². The van der Waals surface area contributed by atoms with E-state index in [9.17, 15) is 9.18 Å². The molecule has 0 saturated heterocycles. The van der Waals surface area contributed by atoms with E-state index in [0.29, 0.717) is 13.2 Å². The molecule has 2 N–H and O–H groups in total. The highest BCUT2D eigenvalue weighted by Crippen LogP contribution is 2.21. The summed E-state index contributed by atoms with van der Waals surface area (Å²) >= 11 is 0. The van der Waals surface area contributed by atoms with Gasteiger partial charge in [0.05, 0.1) is 0 Å². The van der Waals surface area contributed by atoms with Gasteiger partial charge >= 0.3 is 0 Å². The summed E-state index contributed by atoms with van der Waals surface area (Å²) in [6.45, 7) is 2.83. The average molecular weight is 298 g/mol. The highest BCUT2D eigenvalue weighted by molar-refractivity contribution is 5.77. The van der Waals surface area contributed by atoms with Gasteiger partial charge in [0.1, 0.15) is 0 Å². The van der Waals surface area contributed by atoms with Gasteiger partial charge in [-0.3, -0.25) is 4.79 Å². The van der Waals surface area contributed by atoms with Gasteiger partial charge in [-0.2, -0.15) is 0 Å². The van der Waals surface area contributed by atoms with Gasteiger partial charge in [-0.05, 0) is 38.1 Å². The second-order valence-corrected chi connectivity index (χ2v) is 4.69. The molecule has 5 nitrogen and oxygen atoms in total. The molecule has 118 valence electrons. The van der Waals surface area contributed by atoms with Crippen molar-refractivity contribution < 1.29 is 18.7 Å². The third-order valence-corrected chi connectivity index (χ3v) is 3.10. The number of benzene rings is 1. The third kappa shape index (κ3) is 6.10. The van der Waals surface area contributed by atoms with Gasteiger partial charge < -0.3 is 20.1 Å². The molecule has 0 aliphatic heterocycles. The van der Waals surface area contributed by atoms with E-state index in [0.717, 1.165) is 12.0 Å². The Balaban J connectivity index is 2.43. The quantitative estimate of drug-likeness (QED) is 0.680. The largest absolute Gasteiger partial charge is 0.481 e. The lowest BCUT2D eigenvalue weighted by atomic mass is 10.1. The fraction of sp³-hybridized carbons (Fsp3) is 0.533. The van der Waals surface area contributed by atoms with Crippen LogP contribution in [0.25, 0.3) is 0 Å². The van der Waals surface area contributed by atoms with Crippen molar-refractivity contribution in [2.24, 2.45) is 0 Å². The minimum Gasteiger partial charge on any atom is -0.481 e. The molecule has 0 spiro atoms. The summed E-state index contributed by atoms with van der Waals surface area (Å²) in [4.78, 5) is 11.5. The predicted molar refractivity (Wildman–Crippen MR) is 78.9 cm³/mol. The number of carbonyl (C=O) groups excluding carboxylic acids is 1. The molecule has 1 unspecified atom stereocenters. The van der Waals surface area contributed by atoms with Crippen LogP contribution >= 0.6 is 0 Å². The predicted octanol–water partition coefficient (Wildman–Crippen LogP) is 1.64. The molecule has 0 radical (unpaired) electrons. The Morgan fingerprint density at radius 3 is 2.81 bits per heavy atom. The Kier molecular flexibility index (Phi) is 7.71. The van der Waals surface area contributed by atoms with Crippen molar-refractivity contribution in [2.45, 2.75) is 19.4 Å². The van der Waals surface area contributed by atoms with E-state index in [-0.39, 0.29) is 24.3 Å². The van der Waals surface area contributed by atoms with Crippen molar-refractivity contribution in [1.29, 1.82) is 0 Å². The lowest BCUT2D eigenvalue weighted by Gasteiger charge is -2.13. The minimum atomic E-state index is -0.471. The van der Waals surface area contributed by atoms with Gasteiger partial charge in [0.25, 0.3) is 5.91 Å². The second kappa shape index (κ2) is 9.31. The molecule has 1 atom stereocenters. The van der Waals surface area contributed by atoms with Gasteiger partial charge in [0.2, 0.25) is 0 Å². The zero-order valence-electron chi connectivity index (χ0n) is 12.7. The number of nitrogens with one attached hydrogen (secondary N) is 2. The van der Waals surface area contributed by atoms with Crippen molar-refractivity contribution in [1.82, 2.24) is 10.6 Å². The van der Waals surface area contributed by atoms with E-state index in [1.807, 2.05) is 6.92 Å². The smallest absolute Gasteiger partial charge is 0.257 e. The van der Waals surface area contributed by atoms with Crippen LogP contribution in [-0.2, 0) is 9.53 Å². The summed E-state index contributed by atoms with van der Waals surface area (Å²) in [5.41, 5.74) is 0.825. The Morgan fingerprint density at radius 2 is 2.19 bits per heavy atom. The fourth-order valence-corrected chi connectivity index (χ4v) is 1.71. The van der Waals surface area contributed by atoms with E-state index >= 15 is 0 Å². The average Bonchev–Trinajstić information content (AvgIpc) is 2.49. The maximum atomic E-state index is 13.8. The molecule has 0 aliphatic carbocycles. The first kappa shape index (κ1) is 17.4. The van der Waals surface area contributed by atoms with Crippen LogP contribution in [0.15, 0.2) is 18.2 Å². The van der Waals surface area contributed by atoms with Crippen molar-refractivity contribution in [3.05, 3.63) is 29.6 Å². The molecule has 6 heteroatoms. The molecule has 1 rings (SSSR count). The van der Waals surface area contributed by atoms with E-state index in [4.69, 9.17) is 9.47 Å². The summed E-state index contributed by atoms with van der Waals surface area (Å²) in [5.74, 6) is -0.672. The molecule has 0 heterocycles. The number of rotatable bonds is 9. The fourth-order valence-electron chi connectivity index (χ4n) is 1.71. The van der Waals surface area contributed by atoms with E-state index in [1.165, 1.54) is 12.1 Å². The SMILES string of the molecule is CNC(C)c1ccc(OCC(=O)NCCCOC)c(F)c1. The molecular weight excluding hydrogens is 275 g/mol. The van der Waals surface area contributed by atoms with Crippen LogP contribution < -0.4 is 15.4 Å². The molecule has 0 bridgehead atoms. The van der Waals surface area contributed by atoms with Crippen LogP contribution in [-0.4, -0.2) is 39.8 Å². The third-order valence-electron chi connectivity index (χ3n) is 3.10. The molecule has 0 fully saturated rings. The van der Waals surface area contributed by atoms with Gasteiger partial charge in [0, 0.05) is 26.3 Å². The topological polar surface area (TPSA) is 59.6 Å². The maximum Gasteiger partial charge on any atom is 0.257 e. The summed E-state index contributed by atoms with van der Waals surface area (Å²) in [6.07, 6.45) is 0.729. The number of hydrogen-bond donors (Lipinski definition) is 2. The summed E-state index contributed by atoms with van der Waals surface area (Å²) in [6, 6.07) is 4.78. The van der Waals surface area contributed by atoms with Gasteiger partial charge in [0.15, 0.2) is 18.2 Å². The summed E-state index contributed by atoms with van der Waals surface area (Å²) in [5, 5.41) is 5.70. The van der Waals surface area contributed by atoms with Crippen molar-refractivity contribution in [3.8, 4) is 5.75 Å². The monoisotopic (exact) mass is 298 g/mol. The van der Waals surface area contributed by atoms with Crippen LogP contribution in [0.4, 0.5) is 4.39 Å². The van der Waals surface area contributed by atoms with Gasteiger partial charge in [-0.25, -0.2) is 4.39 Å². The molecule has 1 aromatic carbocycles. The van der Waals surface area contributed by atoms with Gasteiger partial charge in [-0.15, -0.1) is 0 Å². The first-order chi connectivity index (χ1) is 10.1. The first-order valence-electron chi connectivity index (χ1n) is 6.93. The van der Waals surface area contributed by atoms with Crippen LogP contribution in [0.2, 0.25) is 0 Å². The normalized spacial score (nSPS) is 12.0. The second-order valence-electron chi connectivity index (χ2n) is 4.69. The summed E-state index contributed by atoms with van der Waals surface area (Å²) in [7, 11) is 3.41. The lowest BCUT2D eigenvalue weighted by Crippen LogP contribution is -2.30. The van der Waals surface area contributed by atoms with Crippen molar-refractivity contribution >= 4 is 5.91 Å². The molecule has 21 heavy (non-hydrogen) atoms. The highest BCUT2D eigenvalue weighted by atomic mass is 19.1. The number of amides is 1. The Hall–Kier alpha value is -1.66. The number of hydrogen-bond acceptors (Lipinski definition) is 4. The summed E-state index contributed by atoms with van der Waals surface area (Å²) < 4.78 is 23.9. The van der Waals surface area contributed by atoms with E-state index in [1.54, 1.807) is 20.2 Å². The van der Waals surface area contributed by atoms with Crippen LogP contribution in [0.5, 0.6) is 5.75 Å². The zero-order valence-corrected chi connectivity index (χ0v) is 12.7. The van der Waals surface area contributed by atoms with Crippen LogP contribution in [0.3, 0.4) is 0 Å². The van der Waals surface area contributed by atoms with Crippen molar-refractivity contribution in [3.63, 3.8) is 0 Å². The zero-order chi connectivity index (χ0) is 15.7. The molecular formula is C15H23FN2O3. The Bertz CT molecular complexity index is 455. The molecule has 1 amide bonds. The minimum absolute atomic E-state index is 0.0534. The van der Waals surface area contributed by atoms with Crippen LogP contribution in [0.1, 0.15) is 24.9 Å². The molecule has 0 saturated carbocycles. The van der Waals surface area contributed by atoms with Crippen LogP contribution in [0, 0.1) is 5.82 Å². The standard InChI is InChI=1S/C15H23FN2O3/c1-11(17-2)12-5-6-14(13(16)9-12)21-10-15(19)18-7-4-8-20-3/h5-6,9,11,17H,4,7-8,10H2,1-3H3,(H,18,19). The highest BCUT2D eigenvalue weighted by Gasteiger charge is 2.10. The Morgan fingerprint density at radius 1 is 1.43 bits per heavy atom. The molecule has 1 aromatic rings. The lowest BCUT2D eigenvalue weighted by molar-refractivity contribution is -0.123. The number of ether oxygens (including phenoxy) is 2. The number of carbonyl (C=O) groups is 1. The first-order valence-corrected chi connectivity index (χ1v) is 6.93. The molecule has 0 aromatic heterocycles. The van der Waals surface area contributed by atoms with Gasteiger partial charge in [-0.1, -0.05) is 6.07 Å². The number of methoxy groups -OCH3 is 1. The van der Waals surface area contributed by atoms with Crippen molar-refractivity contribution in [2.75, 3.05) is 33.9 Å².